The van der Waals surface area contributed by atoms with Crippen LogP contribution < -0.4 is 5.32 Å². The monoisotopic (exact) mass is 329 g/mol. The molecule has 1 unspecified atom stereocenters. The molecule has 120 valence electrons. The van der Waals surface area contributed by atoms with Gasteiger partial charge < -0.3 is 10.2 Å². The zero-order valence-corrected chi connectivity index (χ0v) is 13.8. The van der Waals surface area contributed by atoms with Crippen LogP contribution in [0.25, 0.3) is 0 Å². The highest BCUT2D eigenvalue weighted by Gasteiger charge is 2.34. The molecule has 5 nitrogen and oxygen atoms in total. The van der Waals surface area contributed by atoms with Gasteiger partial charge in [-0.3, -0.25) is 14.6 Å². The van der Waals surface area contributed by atoms with E-state index in [1.165, 1.54) is 11.3 Å². The zero-order chi connectivity index (χ0) is 16.2. The van der Waals surface area contributed by atoms with Crippen molar-refractivity contribution in [1.82, 2.24) is 15.2 Å². The van der Waals surface area contributed by atoms with Gasteiger partial charge in [0.05, 0.1) is 16.5 Å². The molecule has 1 aliphatic rings. The minimum Gasteiger partial charge on any atom is -0.355 e. The van der Waals surface area contributed by atoms with E-state index in [2.05, 4.69) is 10.3 Å². The molecule has 0 radical (unpaired) electrons. The summed E-state index contributed by atoms with van der Waals surface area (Å²) in [6, 6.07) is 7.47. The van der Waals surface area contributed by atoms with Gasteiger partial charge in [0.2, 0.25) is 5.91 Å². The van der Waals surface area contributed by atoms with Gasteiger partial charge in [-0.15, -0.1) is 11.3 Å². The summed E-state index contributed by atoms with van der Waals surface area (Å²) in [5, 5.41) is 4.81. The molecule has 1 aliphatic heterocycles. The first-order chi connectivity index (χ1) is 11.2. The predicted octanol–water partition coefficient (Wildman–Crippen LogP) is 2.41. The van der Waals surface area contributed by atoms with Gasteiger partial charge in [-0.2, -0.15) is 0 Å². The molecule has 0 aromatic carbocycles. The van der Waals surface area contributed by atoms with Gasteiger partial charge in [-0.25, -0.2) is 0 Å². The van der Waals surface area contributed by atoms with Crippen LogP contribution in [0.5, 0.6) is 0 Å². The molecule has 0 saturated carbocycles. The van der Waals surface area contributed by atoms with Gasteiger partial charge in [0.15, 0.2) is 0 Å². The highest BCUT2D eigenvalue weighted by molar-refractivity contribution is 7.12. The van der Waals surface area contributed by atoms with Crippen molar-refractivity contribution in [3.63, 3.8) is 0 Å². The number of thiophene rings is 1. The third-order valence-corrected chi connectivity index (χ3v) is 4.76. The van der Waals surface area contributed by atoms with Crippen LogP contribution in [0.1, 0.15) is 40.2 Å². The molecular formula is C17H19N3O2S. The Hall–Kier alpha value is -2.21. The molecule has 3 rings (SSSR count). The van der Waals surface area contributed by atoms with Crippen molar-refractivity contribution in [2.24, 2.45) is 0 Å². The van der Waals surface area contributed by atoms with Gasteiger partial charge in [-0.1, -0.05) is 19.1 Å². The molecule has 2 amide bonds. The number of amides is 2. The maximum atomic E-state index is 12.6. The molecular weight excluding hydrogens is 310 g/mol. The summed E-state index contributed by atoms with van der Waals surface area (Å²) in [6.45, 7) is 3.52. The Bertz CT molecular complexity index is 700. The Labute approximate surface area is 139 Å². The molecule has 0 aliphatic carbocycles. The molecule has 1 N–H and O–H groups in total. The van der Waals surface area contributed by atoms with E-state index < -0.39 is 5.92 Å². The van der Waals surface area contributed by atoms with Crippen LogP contribution in [0, 0.1) is 0 Å². The van der Waals surface area contributed by atoms with Crippen molar-refractivity contribution in [1.29, 1.82) is 0 Å². The largest absolute Gasteiger partial charge is 0.355 e. The van der Waals surface area contributed by atoms with Crippen molar-refractivity contribution < 1.29 is 9.59 Å². The fourth-order valence-corrected chi connectivity index (χ4v) is 3.46. The lowest BCUT2D eigenvalue weighted by Gasteiger charge is -2.33. The smallest absolute Gasteiger partial charge is 0.264 e. The Morgan fingerprint density at radius 1 is 1.39 bits per heavy atom. The second kappa shape index (κ2) is 6.91. The van der Waals surface area contributed by atoms with Crippen molar-refractivity contribution in [2.45, 2.75) is 25.8 Å². The number of fused-ring (bicyclic) bond motifs is 1. The van der Waals surface area contributed by atoms with Gasteiger partial charge in [0.25, 0.3) is 5.91 Å². The van der Waals surface area contributed by atoms with Crippen molar-refractivity contribution in [3.05, 3.63) is 52.0 Å². The molecule has 0 spiro atoms. The molecule has 0 saturated heterocycles. The average Bonchev–Trinajstić information content (AvgIpc) is 3.12. The number of nitrogens with zero attached hydrogens (tertiary/aromatic N) is 2. The minimum absolute atomic E-state index is 0.0252. The fraction of sp³-hybridized carbons (Fsp3) is 0.353. The second-order valence-electron chi connectivity index (χ2n) is 5.55. The van der Waals surface area contributed by atoms with Gasteiger partial charge in [-0.05, 0) is 29.5 Å². The Kier molecular flexibility index (Phi) is 4.71. The number of carbonyl (C=O) groups excluding carboxylic acids is 2. The first-order valence-electron chi connectivity index (χ1n) is 7.75. The minimum atomic E-state index is -0.407. The van der Waals surface area contributed by atoms with Crippen LogP contribution in [-0.2, 0) is 11.3 Å². The first-order valence-corrected chi connectivity index (χ1v) is 8.63. The SMILES string of the molecule is CCCNC(=O)C1CN(C(=O)c2cccs2)Cc2cccnc21. The summed E-state index contributed by atoms with van der Waals surface area (Å²) in [6.07, 6.45) is 2.58. The Morgan fingerprint density at radius 2 is 2.26 bits per heavy atom. The Morgan fingerprint density at radius 3 is 3.00 bits per heavy atom. The summed E-state index contributed by atoms with van der Waals surface area (Å²) in [4.78, 5) is 32.0. The second-order valence-corrected chi connectivity index (χ2v) is 6.50. The van der Waals surface area contributed by atoms with E-state index in [9.17, 15) is 9.59 Å². The average molecular weight is 329 g/mol. The molecule has 2 aromatic heterocycles. The number of pyridine rings is 1. The maximum absolute atomic E-state index is 12.6. The third kappa shape index (κ3) is 3.27. The van der Waals surface area contributed by atoms with Gasteiger partial charge in [0.1, 0.15) is 0 Å². The number of hydrogen-bond donors (Lipinski definition) is 1. The van der Waals surface area contributed by atoms with E-state index in [1.54, 1.807) is 11.1 Å². The lowest BCUT2D eigenvalue weighted by atomic mass is 9.93. The van der Waals surface area contributed by atoms with E-state index in [1.807, 2.05) is 36.6 Å². The van der Waals surface area contributed by atoms with Gasteiger partial charge in [0, 0.05) is 25.8 Å². The molecule has 0 bridgehead atoms. The highest BCUT2D eigenvalue weighted by atomic mass is 32.1. The van der Waals surface area contributed by atoms with E-state index >= 15 is 0 Å². The van der Waals surface area contributed by atoms with Crippen molar-refractivity contribution >= 4 is 23.2 Å². The van der Waals surface area contributed by atoms with Crippen LogP contribution in [0.4, 0.5) is 0 Å². The zero-order valence-electron chi connectivity index (χ0n) is 13.0. The molecule has 6 heteroatoms. The number of rotatable bonds is 4. The van der Waals surface area contributed by atoms with Gasteiger partial charge >= 0.3 is 0 Å². The quantitative estimate of drug-likeness (QED) is 0.937. The molecule has 1 atom stereocenters. The number of carbonyl (C=O) groups is 2. The van der Waals surface area contributed by atoms with Crippen LogP contribution in [0.3, 0.4) is 0 Å². The summed E-state index contributed by atoms with van der Waals surface area (Å²) in [7, 11) is 0. The maximum Gasteiger partial charge on any atom is 0.264 e. The van der Waals surface area contributed by atoms with Crippen molar-refractivity contribution in [2.75, 3.05) is 13.1 Å². The first kappa shape index (κ1) is 15.7. The fourth-order valence-electron chi connectivity index (χ4n) is 2.76. The molecule has 3 heterocycles. The predicted molar refractivity (Wildman–Crippen MR) is 89.3 cm³/mol. The standard InChI is InChI=1S/C17H19N3O2S/c1-2-7-19-16(21)13-11-20(17(22)14-6-4-9-23-14)10-12-5-3-8-18-15(12)13/h3-6,8-9,13H,2,7,10-11H2,1H3,(H,19,21). The Balaban J connectivity index is 1.87. The van der Waals surface area contributed by atoms with E-state index in [0.29, 0.717) is 24.5 Å². The normalized spacial score (nSPS) is 16.7. The lowest BCUT2D eigenvalue weighted by molar-refractivity contribution is -0.123. The van der Waals surface area contributed by atoms with Crippen LogP contribution >= 0.6 is 11.3 Å². The summed E-state index contributed by atoms with van der Waals surface area (Å²) in [5.74, 6) is -0.492. The van der Waals surface area contributed by atoms with E-state index in [0.717, 1.165) is 17.7 Å². The van der Waals surface area contributed by atoms with E-state index in [4.69, 9.17) is 0 Å². The number of hydrogen-bond acceptors (Lipinski definition) is 4. The summed E-state index contributed by atoms with van der Waals surface area (Å²) < 4.78 is 0. The van der Waals surface area contributed by atoms with Crippen LogP contribution in [0.2, 0.25) is 0 Å². The highest BCUT2D eigenvalue weighted by Crippen LogP contribution is 2.28. The number of aromatic nitrogens is 1. The topological polar surface area (TPSA) is 62.3 Å². The summed E-state index contributed by atoms with van der Waals surface area (Å²) in [5.41, 5.74) is 1.73. The van der Waals surface area contributed by atoms with Crippen LogP contribution in [0.15, 0.2) is 35.8 Å². The van der Waals surface area contributed by atoms with Crippen molar-refractivity contribution in [3.8, 4) is 0 Å². The number of nitrogens with one attached hydrogen (secondary N) is 1. The molecule has 23 heavy (non-hydrogen) atoms. The molecule has 0 fully saturated rings. The van der Waals surface area contributed by atoms with Crippen LogP contribution in [-0.4, -0.2) is 34.8 Å². The van der Waals surface area contributed by atoms with E-state index in [-0.39, 0.29) is 11.8 Å². The third-order valence-electron chi connectivity index (χ3n) is 3.91. The lowest BCUT2D eigenvalue weighted by Crippen LogP contribution is -2.44. The summed E-state index contributed by atoms with van der Waals surface area (Å²) >= 11 is 1.42. The molecule has 2 aromatic rings.